The predicted molar refractivity (Wildman–Crippen MR) is 55.4 cm³/mol. The molecule has 0 heterocycles. The molecule has 0 fully saturated rings. The van der Waals surface area contributed by atoms with Gasteiger partial charge >= 0.3 is 0 Å². The second kappa shape index (κ2) is 5.56. The Hall–Kier alpha value is -2.29. The van der Waals surface area contributed by atoms with Gasteiger partial charge in [-0.05, 0) is 6.07 Å². The smallest absolute Gasteiger partial charge is 0.273 e. The van der Waals surface area contributed by atoms with Crippen LogP contribution in [-0.4, -0.2) is 18.6 Å². The molecule has 84 valence electrons. The number of nitro benzene ring substituents is 1. The van der Waals surface area contributed by atoms with Crippen LogP contribution in [0.1, 0.15) is 6.42 Å². The summed E-state index contributed by atoms with van der Waals surface area (Å²) in [4.78, 5) is 9.99. The fourth-order valence-electron chi connectivity index (χ4n) is 1.10. The number of non-ortho nitro benzene ring substituents is 1. The molecule has 1 aromatic rings. The van der Waals surface area contributed by atoms with Crippen LogP contribution < -0.4 is 9.47 Å². The number of benzene rings is 1. The van der Waals surface area contributed by atoms with E-state index in [1.54, 1.807) is 0 Å². The van der Waals surface area contributed by atoms with E-state index in [0.717, 1.165) is 0 Å². The van der Waals surface area contributed by atoms with Crippen molar-refractivity contribution in [3.05, 3.63) is 28.3 Å². The van der Waals surface area contributed by atoms with Crippen LogP contribution in [0.15, 0.2) is 18.2 Å². The molecule has 1 aromatic carbocycles. The normalized spacial score (nSPS) is 9.25. The first-order chi connectivity index (χ1) is 7.69. The van der Waals surface area contributed by atoms with Crippen LogP contribution in [0.2, 0.25) is 0 Å². The first-order valence-electron chi connectivity index (χ1n) is 4.51. The lowest BCUT2D eigenvalue weighted by Crippen LogP contribution is -1.99. The Morgan fingerprint density at radius 1 is 1.50 bits per heavy atom. The minimum Gasteiger partial charge on any atom is -0.493 e. The number of nitriles is 1. The summed E-state index contributed by atoms with van der Waals surface area (Å²) < 4.78 is 10.2. The SMILES string of the molecule is COc1cc([N+](=O)[O-])ccc1OCCC#N. The molecule has 6 nitrogen and oxygen atoms in total. The zero-order valence-electron chi connectivity index (χ0n) is 8.67. The van der Waals surface area contributed by atoms with Gasteiger partial charge in [-0.1, -0.05) is 0 Å². The maximum absolute atomic E-state index is 10.5. The van der Waals surface area contributed by atoms with E-state index >= 15 is 0 Å². The van der Waals surface area contributed by atoms with E-state index in [4.69, 9.17) is 14.7 Å². The van der Waals surface area contributed by atoms with Crippen LogP contribution >= 0.6 is 0 Å². The van der Waals surface area contributed by atoms with Crippen molar-refractivity contribution in [2.24, 2.45) is 0 Å². The summed E-state index contributed by atoms with van der Waals surface area (Å²) in [6, 6.07) is 5.99. The van der Waals surface area contributed by atoms with Gasteiger partial charge in [-0.15, -0.1) is 0 Å². The Labute approximate surface area is 92.2 Å². The zero-order chi connectivity index (χ0) is 12.0. The van der Waals surface area contributed by atoms with Crippen molar-refractivity contribution in [3.8, 4) is 17.6 Å². The van der Waals surface area contributed by atoms with E-state index in [2.05, 4.69) is 0 Å². The molecule has 0 aliphatic carbocycles. The van der Waals surface area contributed by atoms with Crippen molar-refractivity contribution in [1.82, 2.24) is 0 Å². The summed E-state index contributed by atoms with van der Waals surface area (Å²) in [6.45, 7) is 0.227. The summed E-state index contributed by atoms with van der Waals surface area (Å²) in [7, 11) is 1.40. The lowest BCUT2D eigenvalue weighted by molar-refractivity contribution is -0.384. The number of nitro groups is 1. The van der Waals surface area contributed by atoms with E-state index in [0.29, 0.717) is 5.75 Å². The summed E-state index contributed by atoms with van der Waals surface area (Å²) in [5, 5.41) is 18.8. The largest absolute Gasteiger partial charge is 0.493 e. The topological polar surface area (TPSA) is 85.4 Å². The molecule has 0 bridgehead atoms. The third-order valence-electron chi connectivity index (χ3n) is 1.83. The average molecular weight is 222 g/mol. The molecule has 0 unspecified atom stereocenters. The molecule has 0 spiro atoms. The van der Waals surface area contributed by atoms with Gasteiger partial charge < -0.3 is 9.47 Å². The van der Waals surface area contributed by atoms with Gasteiger partial charge in [-0.2, -0.15) is 5.26 Å². The third-order valence-corrected chi connectivity index (χ3v) is 1.83. The maximum Gasteiger partial charge on any atom is 0.273 e. The number of hydrogen-bond acceptors (Lipinski definition) is 5. The second-order valence-corrected chi connectivity index (χ2v) is 2.85. The Morgan fingerprint density at radius 2 is 2.25 bits per heavy atom. The van der Waals surface area contributed by atoms with E-state index in [1.165, 1.54) is 25.3 Å². The van der Waals surface area contributed by atoms with Crippen molar-refractivity contribution in [1.29, 1.82) is 5.26 Å². The van der Waals surface area contributed by atoms with Crippen LogP contribution in [0, 0.1) is 21.4 Å². The summed E-state index contributed by atoms with van der Waals surface area (Å²) in [6.07, 6.45) is 0.250. The van der Waals surface area contributed by atoms with Gasteiger partial charge in [0.2, 0.25) is 0 Å². The molecule has 0 saturated carbocycles. The molecule has 1 rings (SSSR count). The van der Waals surface area contributed by atoms with Crippen LogP contribution in [0.3, 0.4) is 0 Å². The fraction of sp³-hybridized carbons (Fsp3) is 0.300. The average Bonchev–Trinajstić information content (AvgIpc) is 2.29. The van der Waals surface area contributed by atoms with Gasteiger partial charge in [-0.3, -0.25) is 10.1 Å². The zero-order valence-corrected chi connectivity index (χ0v) is 8.67. The van der Waals surface area contributed by atoms with Crippen LogP contribution in [0.25, 0.3) is 0 Å². The number of rotatable bonds is 5. The van der Waals surface area contributed by atoms with Crippen molar-refractivity contribution in [3.63, 3.8) is 0 Å². The first kappa shape index (κ1) is 11.8. The number of nitrogens with zero attached hydrogens (tertiary/aromatic N) is 2. The Morgan fingerprint density at radius 3 is 2.81 bits per heavy atom. The predicted octanol–water partition coefficient (Wildman–Crippen LogP) is 1.90. The minimum absolute atomic E-state index is 0.0653. The lowest BCUT2D eigenvalue weighted by Gasteiger charge is -2.08. The van der Waals surface area contributed by atoms with Crippen LogP contribution in [0.4, 0.5) is 5.69 Å². The molecule has 0 saturated heterocycles. The molecule has 16 heavy (non-hydrogen) atoms. The summed E-state index contributed by atoms with van der Waals surface area (Å²) in [5.41, 5.74) is -0.0653. The number of ether oxygens (including phenoxy) is 2. The highest BCUT2D eigenvalue weighted by Gasteiger charge is 2.11. The highest BCUT2D eigenvalue weighted by Crippen LogP contribution is 2.30. The Bertz CT molecular complexity index is 425. The monoisotopic (exact) mass is 222 g/mol. The van der Waals surface area contributed by atoms with Crippen LogP contribution in [0.5, 0.6) is 11.5 Å². The molecule has 0 amide bonds. The van der Waals surface area contributed by atoms with Gasteiger partial charge in [0.05, 0.1) is 30.6 Å². The molecule has 0 aliphatic heterocycles. The highest BCUT2D eigenvalue weighted by molar-refractivity contribution is 5.48. The van der Waals surface area contributed by atoms with Crippen molar-refractivity contribution < 1.29 is 14.4 Å². The standard InChI is InChI=1S/C10H10N2O4/c1-15-10-7-8(12(13)14)3-4-9(10)16-6-2-5-11/h3-4,7H,2,6H2,1H3. The van der Waals surface area contributed by atoms with Crippen LogP contribution in [-0.2, 0) is 0 Å². The number of hydrogen-bond donors (Lipinski definition) is 0. The van der Waals surface area contributed by atoms with Gasteiger partial charge in [-0.25, -0.2) is 0 Å². The van der Waals surface area contributed by atoms with E-state index in [9.17, 15) is 10.1 Å². The van der Waals surface area contributed by atoms with Gasteiger partial charge in [0, 0.05) is 6.07 Å². The quantitative estimate of drug-likeness (QED) is 0.431. The maximum atomic E-state index is 10.5. The molecule has 0 aromatic heterocycles. The fourth-order valence-corrected chi connectivity index (χ4v) is 1.10. The summed E-state index contributed by atoms with van der Waals surface area (Å²) >= 11 is 0. The lowest BCUT2D eigenvalue weighted by atomic mass is 10.3. The molecule has 0 aliphatic rings. The number of methoxy groups -OCH3 is 1. The molecule has 0 atom stereocenters. The molecule has 6 heteroatoms. The Kier molecular flexibility index (Phi) is 4.09. The second-order valence-electron chi connectivity index (χ2n) is 2.85. The van der Waals surface area contributed by atoms with E-state index < -0.39 is 4.92 Å². The molecular formula is C10H10N2O4. The first-order valence-corrected chi connectivity index (χ1v) is 4.51. The van der Waals surface area contributed by atoms with E-state index in [-0.39, 0.29) is 24.5 Å². The van der Waals surface area contributed by atoms with E-state index in [1.807, 2.05) is 6.07 Å². The van der Waals surface area contributed by atoms with Crippen molar-refractivity contribution >= 4 is 5.69 Å². The van der Waals surface area contributed by atoms with Gasteiger partial charge in [0.25, 0.3) is 5.69 Å². The molecule has 0 radical (unpaired) electrons. The molecular weight excluding hydrogens is 212 g/mol. The Balaban J connectivity index is 2.85. The van der Waals surface area contributed by atoms with Crippen molar-refractivity contribution in [2.45, 2.75) is 6.42 Å². The minimum atomic E-state index is -0.512. The third kappa shape index (κ3) is 2.85. The van der Waals surface area contributed by atoms with Gasteiger partial charge in [0.1, 0.15) is 6.61 Å². The molecule has 0 N–H and O–H groups in total. The van der Waals surface area contributed by atoms with Crippen molar-refractivity contribution in [2.75, 3.05) is 13.7 Å². The van der Waals surface area contributed by atoms with Gasteiger partial charge in [0.15, 0.2) is 11.5 Å². The summed E-state index contributed by atoms with van der Waals surface area (Å²) in [5.74, 6) is 0.676. The highest BCUT2D eigenvalue weighted by atomic mass is 16.6.